The number of benzene rings is 1. The molecule has 178 valence electrons. The third kappa shape index (κ3) is 4.43. The van der Waals surface area contributed by atoms with Gasteiger partial charge in [0, 0.05) is 48.6 Å². The highest BCUT2D eigenvalue weighted by Crippen LogP contribution is 2.49. The number of imidazole rings is 1. The fourth-order valence-corrected chi connectivity index (χ4v) is 5.42. The van der Waals surface area contributed by atoms with Crippen LogP contribution < -0.4 is 0 Å². The molecule has 0 N–H and O–H groups in total. The molecule has 0 unspecified atom stereocenters. The number of aryl methyl sites for hydroxylation is 2. The minimum atomic E-state index is -0.277. The normalized spacial score (nSPS) is 20.1. The SMILES string of the molecule is CCOC(C)(C)[C@@]1(CCn2cnc3cc(F)ccc32)CCN(C(C)(C)c2ccc(C)nc2)C1. The Labute approximate surface area is 197 Å². The molecule has 1 saturated heterocycles. The quantitative estimate of drug-likeness (QED) is 0.439. The summed E-state index contributed by atoms with van der Waals surface area (Å²) in [5.74, 6) is -0.249. The first-order chi connectivity index (χ1) is 15.6. The van der Waals surface area contributed by atoms with Gasteiger partial charge in [-0.2, -0.15) is 0 Å². The molecule has 1 aliphatic heterocycles. The van der Waals surface area contributed by atoms with Crippen LogP contribution in [0.2, 0.25) is 0 Å². The summed E-state index contributed by atoms with van der Waals surface area (Å²) in [6.45, 7) is 16.6. The molecule has 0 bridgehead atoms. The lowest BCUT2D eigenvalue weighted by Crippen LogP contribution is -2.50. The summed E-state index contributed by atoms with van der Waals surface area (Å²) in [5.41, 5.74) is 3.53. The summed E-state index contributed by atoms with van der Waals surface area (Å²) in [5, 5.41) is 0. The maximum atomic E-state index is 13.6. The van der Waals surface area contributed by atoms with Crippen molar-refractivity contribution in [3.63, 3.8) is 0 Å². The van der Waals surface area contributed by atoms with Crippen LogP contribution in [0.25, 0.3) is 11.0 Å². The molecule has 0 spiro atoms. The number of hydrogen-bond donors (Lipinski definition) is 0. The zero-order valence-corrected chi connectivity index (χ0v) is 20.9. The van der Waals surface area contributed by atoms with Crippen LogP contribution in [-0.4, -0.2) is 44.7 Å². The van der Waals surface area contributed by atoms with Gasteiger partial charge in [-0.25, -0.2) is 9.37 Å². The summed E-state index contributed by atoms with van der Waals surface area (Å²) >= 11 is 0. The van der Waals surface area contributed by atoms with E-state index in [2.05, 4.69) is 66.2 Å². The van der Waals surface area contributed by atoms with E-state index in [0.29, 0.717) is 12.1 Å². The van der Waals surface area contributed by atoms with Crippen molar-refractivity contribution in [3.8, 4) is 0 Å². The fraction of sp³-hybridized carbons (Fsp3) is 0.556. The molecule has 1 fully saturated rings. The monoisotopic (exact) mass is 452 g/mol. The first-order valence-corrected chi connectivity index (χ1v) is 12.0. The molecule has 3 heterocycles. The lowest BCUT2D eigenvalue weighted by atomic mass is 9.70. The maximum Gasteiger partial charge on any atom is 0.125 e. The Morgan fingerprint density at radius 2 is 1.91 bits per heavy atom. The van der Waals surface area contributed by atoms with Crippen molar-refractivity contribution in [2.75, 3.05) is 19.7 Å². The molecule has 33 heavy (non-hydrogen) atoms. The van der Waals surface area contributed by atoms with E-state index in [9.17, 15) is 4.39 Å². The Balaban J connectivity index is 1.60. The second-order valence-corrected chi connectivity index (χ2v) is 10.5. The van der Waals surface area contributed by atoms with E-state index in [4.69, 9.17) is 4.74 Å². The van der Waals surface area contributed by atoms with E-state index in [1.807, 2.05) is 25.5 Å². The largest absolute Gasteiger partial charge is 0.375 e. The lowest BCUT2D eigenvalue weighted by Gasteiger charge is -2.46. The summed E-state index contributed by atoms with van der Waals surface area (Å²) in [4.78, 5) is 11.6. The minimum Gasteiger partial charge on any atom is -0.375 e. The fourth-order valence-electron chi connectivity index (χ4n) is 5.42. The van der Waals surface area contributed by atoms with Crippen molar-refractivity contribution in [3.05, 3.63) is 59.9 Å². The Morgan fingerprint density at radius 3 is 2.61 bits per heavy atom. The molecule has 3 aromatic rings. The van der Waals surface area contributed by atoms with Crippen molar-refractivity contribution in [1.29, 1.82) is 0 Å². The van der Waals surface area contributed by atoms with Crippen molar-refractivity contribution >= 4 is 11.0 Å². The first kappa shape index (κ1) is 23.8. The summed E-state index contributed by atoms with van der Waals surface area (Å²) in [6.07, 6.45) is 5.87. The molecule has 2 aromatic heterocycles. The van der Waals surface area contributed by atoms with Gasteiger partial charge in [-0.3, -0.25) is 9.88 Å². The Bertz CT molecular complexity index is 1110. The average molecular weight is 453 g/mol. The molecule has 6 heteroatoms. The van der Waals surface area contributed by atoms with Crippen LogP contribution >= 0.6 is 0 Å². The molecule has 1 aromatic carbocycles. The van der Waals surface area contributed by atoms with E-state index in [1.165, 1.54) is 17.7 Å². The van der Waals surface area contributed by atoms with E-state index in [1.54, 1.807) is 0 Å². The zero-order chi connectivity index (χ0) is 23.9. The maximum absolute atomic E-state index is 13.6. The molecule has 1 aliphatic rings. The number of nitrogens with zero attached hydrogens (tertiary/aromatic N) is 4. The highest BCUT2D eigenvalue weighted by molar-refractivity contribution is 5.75. The molecule has 0 saturated carbocycles. The van der Waals surface area contributed by atoms with Gasteiger partial charge in [-0.05, 0) is 84.7 Å². The Hall–Kier alpha value is -2.31. The number of rotatable bonds is 8. The first-order valence-electron chi connectivity index (χ1n) is 12.0. The van der Waals surface area contributed by atoms with Crippen LogP contribution in [0.15, 0.2) is 42.9 Å². The van der Waals surface area contributed by atoms with Gasteiger partial charge >= 0.3 is 0 Å². The number of fused-ring (bicyclic) bond motifs is 1. The molecule has 4 rings (SSSR count). The molecule has 0 aliphatic carbocycles. The van der Waals surface area contributed by atoms with Crippen LogP contribution in [0.3, 0.4) is 0 Å². The molecular weight excluding hydrogens is 415 g/mol. The molecule has 0 amide bonds. The average Bonchev–Trinajstić information content (AvgIpc) is 3.38. The van der Waals surface area contributed by atoms with E-state index in [0.717, 1.165) is 43.7 Å². The summed E-state index contributed by atoms with van der Waals surface area (Å²) in [7, 11) is 0. The second-order valence-electron chi connectivity index (χ2n) is 10.5. The minimum absolute atomic E-state index is 0.0188. The molecule has 1 atom stereocenters. The lowest BCUT2D eigenvalue weighted by molar-refractivity contribution is -0.111. The van der Waals surface area contributed by atoms with Crippen LogP contribution in [0.1, 0.15) is 58.7 Å². The van der Waals surface area contributed by atoms with Gasteiger partial charge < -0.3 is 9.30 Å². The number of hydrogen-bond acceptors (Lipinski definition) is 4. The molecule has 5 nitrogen and oxygen atoms in total. The Morgan fingerprint density at radius 1 is 1.12 bits per heavy atom. The standard InChI is InChI=1S/C27H37FN4O/c1-7-33-26(5,6)27(12-14-31-19-30-23-16-22(28)10-11-24(23)31)13-15-32(18-27)25(3,4)21-9-8-20(2)29-17-21/h8-11,16-17,19H,7,12-15,18H2,1-6H3/t27-/m0/s1. The van der Waals surface area contributed by atoms with Gasteiger partial charge in [0.15, 0.2) is 0 Å². The number of ether oxygens (including phenoxy) is 1. The van der Waals surface area contributed by atoms with Crippen molar-refractivity contribution in [2.24, 2.45) is 5.41 Å². The van der Waals surface area contributed by atoms with Gasteiger partial charge in [0.05, 0.1) is 23.0 Å². The van der Waals surface area contributed by atoms with E-state index in [-0.39, 0.29) is 22.4 Å². The van der Waals surface area contributed by atoms with Gasteiger partial charge in [0.25, 0.3) is 0 Å². The Kier molecular flexibility index (Phi) is 6.36. The summed E-state index contributed by atoms with van der Waals surface area (Å²) < 4.78 is 22.1. The van der Waals surface area contributed by atoms with Crippen molar-refractivity contribution in [2.45, 2.75) is 72.1 Å². The third-order valence-corrected chi connectivity index (χ3v) is 7.96. The number of likely N-dealkylation sites (tertiary alicyclic amines) is 1. The highest BCUT2D eigenvalue weighted by atomic mass is 19.1. The van der Waals surface area contributed by atoms with E-state index < -0.39 is 0 Å². The van der Waals surface area contributed by atoms with Crippen LogP contribution in [0.5, 0.6) is 0 Å². The van der Waals surface area contributed by atoms with Gasteiger partial charge in [-0.1, -0.05) is 6.07 Å². The molecular formula is C27H37FN4O. The predicted octanol–water partition coefficient (Wildman–Crippen LogP) is 5.71. The van der Waals surface area contributed by atoms with Crippen LogP contribution in [0.4, 0.5) is 4.39 Å². The second kappa shape index (κ2) is 8.80. The third-order valence-electron chi connectivity index (χ3n) is 7.96. The summed E-state index contributed by atoms with van der Waals surface area (Å²) in [6, 6.07) is 9.13. The number of halogens is 1. The van der Waals surface area contributed by atoms with Gasteiger partial charge in [0.2, 0.25) is 0 Å². The van der Waals surface area contributed by atoms with Gasteiger partial charge in [0.1, 0.15) is 5.82 Å². The van der Waals surface area contributed by atoms with Crippen molar-refractivity contribution < 1.29 is 9.13 Å². The number of aromatic nitrogens is 3. The van der Waals surface area contributed by atoms with Crippen LogP contribution in [-0.2, 0) is 16.8 Å². The van der Waals surface area contributed by atoms with Crippen LogP contribution in [0, 0.1) is 18.2 Å². The van der Waals surface area contributed by atoms with Crippen molar-refractivity contribution in [1.82, 2.24) is 19.4 Å². The van der Waals surface area contributed by atoms with E-state index >= 15 is 0 Å². The zero-order valence-electron chi connectivity index (χ0n) is 20.9. The predicted molar refractivity (Wildman–Crippen MR) is 131 cm³/mol. The molecule has 0 radical (unpaired) electrons. The smallest absolute Gasteiger partial charge is 0.125 e. The number of pyridine rings is 1. The highest BCUT2D eigenvalue weighted by Gasteiger charge is 2.52. The topological polar surface area (TPSA) is 43.2 Å². The van der Waals surface area contributed by atoms with Gasteiger partial charge in [-0.15, -0.1) is 0 Å².